The molecule has 1 aliphatic carbocycles. The molecule has 1 aromatic carbocycles. The number of aliphatic carboxylic acids is 1. The molecule has 0 fully saturated rings. The Hall–Kier alpha value is -2.67. The molecule has 0 bridgehead atoms. The zero-order chi connectivity index (χ0) is 21.0. The average molecular weight is 415 g/mol. The number of carboxylic acids is 1. The smallest absolute Gasteiger partial charge is 0.303 e. The number of nitrogens with one attached hydrogen (secondary N) is 2. The molecule has 1 atom stereocenters. The molecule has 3 rings (SSSR count). The maximum Gasteiger partial charge on any atom is 0.303 e. The number of amides is 2. The molecule has 6 nitrogen and oxygen atoms in total. The Morgan fingerprint density at radius 3 is 2.55 bits per heavy atom. The van der Waals surface area contributed by atoms with Crippen molar-refractivity contribution >= 4 is 39.8 Å². The Morgan fingerprint density at radius 1 is 1.10 bits per heavy atom. The number of rotatable bonds is 7. The molecule has 3 N–H and O–H groups in total. The van der Waals surface area contributed by atoms with E-state index < -0.39 is 5.97 Å². The second-order valence-corrected chi connectivity index (χ2v) is 8.74. The molecule has 0 spiro atoms. The van der Waals surface area contributed by atoms with Crippen molar-refractivity contribution in [1.29, 1.82) is 0 Å². The first-order chi connectivity index (χ1) is 13.8. The first kappa shape index (κ1) is 21.0. The van der Waals surface area contributed by atoms with Gasteiger partial charge in [-0.1, -0.05) is 25.1 Å². The molecule has 7 heteroatoms. The van der Waals surface area contributed by atoms with E-state index in [0.717, 1.165) is 47.4 Å². The lowest BCUT2D eigenvalue weighted by molar-refractivity contribution is -0.138. The summed E-state index contributed by atoms with van der Waals surface area (Å²) in [7, 11) is 0. The molecule has 1 aromatic heterocycles. The van der Waals surface area contributed by atoms with Crippen LogP contribution in [0.2, 0.25) is 0 Å². The Labute approximate surface area is 174 Å². The van der Waals surface area contributed by atoms with Gasteiger partial charge in [-0.05, 0) is 55.7 Å². The minimum atomic E-state index is -0.921. The van der Waals surface area contributed by atoms with Crippen molar-refractivity contribution in [2.24, 2.45) is 5.92 Å². The number of thiophene rings is 1. The van der Waals surface area contributed by atoms with Gasteiger partial charge in [-0.25, -0.2) is 0 Å². The third-order valence-electron chi connectivity index (χ3n) is 5.10. The lowest BCUT2D eigenvalue weighted by Crippen LogP contribution is -2.20. The molecule has 1 aliphatic rings. The number of fused-ring (bicyclic) bond motifs is 1. The van der Waals surface area contributed by atoms with Crippen molar-refractivity contribution in [3.8, 4) is 0 Å². The van der Waals surface area contributed by atoms with Crippen molar-refractivity contribution in [3.05, 3.63) is 45.8 Å². The monoisotopic (exact) mass is 414 g/mol. The van der Waals surface area contributed by atoms with Gasteiger partial charge in [0, 0.05) is 23.4 Å². The van der Waals surface area contributed by atoms with E-state index in [1.165, 1.54) is 11.3 Å². The topological polar surface area (TPSA) is 95.5 Å². The van der Waals surface area contributed by atoms with Gasteiger partial charge >= 0.3 is 5.97 Å². The highest BCUT2D eigenvalue weighted by atomic mass is 32.1. The van der Waals surface area contributed by atoms with Gasteiger partial charge in [0.2, 0.25) is 5.91 Å². The summed E-state index contributed by atoms with van der Waals surface area (Å²) in [5, 5.41) is 15.3. The zero-order valence-electron chi connectivity index (χ0n) is 16.7. The summed E-state index contributed by atoms with van der Waals surface area (Å²) >= 11 is 1.47. The van der Waals surface area contributed by atoms with E-state index in [1.54, 1.807) is 6.92 Å². The molecular weight excluding hydrogens is 388 g/mol. The fourth-order valence-corrected chi connectivity index (χ4v) is 4.96. The number of carboxylic acid groups (broad SMARTS) is 1. The number of carbonyl (C=O) groups excluding carboxylic acids is 2. The van der Waals surface area contributed by atoms with Crippen LogP contribution in [0.1, 0.15) is 59.0 Å². The fraction of sp³-hybridized carbons (Fsp3) is 0.409. The number of carbonyl (C=O) groups is 3. The highest BCUT2D eigenvalue weighted by molar-refractivity contribution is 7.17. The summed E-state index contributed by atoms with van der Waals surface area (Å²) in [6, 6.07) is 7.59. The third-order valence-corrected chi connectivity index (χ3v) is 6.31. The molecule has 0 saturated carbocycles. The van der Waals surface area contributed by atoms with E-state index in [-0.39, 0.29) is 30.6 Å². The van der Waals surface area contributed by atoms with E-state index >= 15 is 0 Å². The molecule has 0 aliphatic heterocycles. The summed E-state index contributed by atoms with van der Waals surface area (Å²) < 4.78 is 0. The summed E-state index contributed by atoms with van der Waals surface area (Å²) in [5.41, 5.74) is 3.30. The van der Waals surface area contributed by atoms with Gasteiger partial charge in [0.05, 0.1) is 5.56 Å². The van der Waals surface area contributed by atoms with Crippen molar-refractivity contribution in [2.75, 3.05) is 10.6 Å². The zero-order valence-corrected chi connectivity index (χ0v) is 17.5. The Kier molecular flexibility index (Phi) is 6.69. The fourth-order valence-electron chi connectivity index (χ4n) is 3.66. The molecule has 2 aromatic rings. The minimum Gasteiger partial charge on any atom is -0.481 e. The van der Waals surface area contributed by atoms with Gasteiger partial charge in [-0.2, -0.15) is 0 Å². The molecular formula is C22H26N2O4S. The highest BCUT2D eigenvalue weighted by Gasteiger charge is 2.27. The van der Waals surface area contributed by atoms with Gasteiger partial charge in [-0.3, -0.25) is 14.4 Å². The number of aryl methyl sites for hydroxylation is 2. The van der Waals surface area contributed by atoms with Gasteiger partial charge in [0.15, 0.2) is 0 Å². The normalized spacial score (nSPS) is 14.0. The van der Waals surface area contributed by atoms with Crippen LogP contribution in [-0.4, -0.2) is 22.9 Å². The van der Waals surface area contributed by atoms with E-state index in [9.17, 15) is 14.4 Å². The number of benzene rings is 1. The van der Waals surface area contributed by atoms with Gasteiger partial charge in [-0.15, -0.1) is 11.3 Å². The SMILES string of the molecule is Cc1ccccc1NC(=O)c1c(NC(=O)C[C@H](C)CC(=O)O)sc2c1CCCC2. The van der Waals surface area contributed by atoms with Crippen LogP contribution in [0.3, 0.4) is 0 Å². The molecule has 0 radical (unpaired) electrons. The Bertz CT molecular complexity index is 935. The van der Waals surface area contributed by atoms with Crippen LogP contribution in [0.5, 0.6) is 0 Å². The Morgan fingerprint density at radius 2 is 1.83 bits per heavy atom. The third kappa shape index (κ3) is 5.23. The molecule has 29 heavy (non-hydrogen) atoms. The molecule has 1 heterocycles. The largest absolute Gasteiger partial charge is 0.481 e. The summed E-state index contributed by atoms with van der Waals surface area (Å²) in [6.07, 6.45) is 3.89. The average Bonchev–Trinajstić information content (AvgIpc) is 3.00. The van der Waals surface area contributed by atoms with E-state index in [0.29, 0.717) is 10.6 Å². The summed E-state index contributed by atoms with van der Waals surface area (Å²) in [6.45, 7) is 3.67. The first-order valence-corrected chi connectivity index (χ1v) is 10.7. The quantitative estimate of drug-likeness (QED) is 0.616. The van der Waals surface area contributed by atoms with E-state index in [4.69, 9.17) is 5.11 Å². The number of para-hydroxylation sites is 1. The van der Waals surface area contributed by atoms with Gasteiger partial charge < -0.3 is 15.7 Å². The lowest BCUT2D eigenvalue weighted by Gasteiger charge is -2.14. The number of hydrogen-bond donors (Lipinski definition) is 3. The van der Waals surface area contributed by atoms with Crippen LogP contribution in [0.15, 0.2) is 24.3 Å². The molecule has 154 valence electrons. The van der Waals surface area contributed by atoms with Crippen molar-refractivity contribution in [1.82, 2.24) is 0 Å². The summed E-state index contributed by atoms with van der Waals surface area (Å²) in [4.78, 5) is 37.6. The first-order valence-electron chi connectivity index (χ1n) is 9.88. The predicted octanol–water partition coefficient (Wildman–Crippen LogP) is 4.63. The van der Waals surface area contributed by atoms with Crippen LogP contribution < -0.4 is 10.6 Å². The summed E-state index contributed by atoms with van der Waals surface area (Å²) in [5.74, 6) is -1.67. The second-order valence-electron chi connectivity index (χ2n) is 7.64. The van der Waals surface area contributed by atoms with Crippen LogP contribution >= 0.6 is 11.3 Å². The van der Waals surface area contributed by atoms with Crippen LogP contribution in [0, 0.1) is 12.8 Å². The standard InChI is InChI=1S/C22H26N2O4S/c1-13(12-19(26)27)11-18(25)24-22-20(15-8-4-6-10-17(15)29-22)21(28)23-16-9-5-3-7-14(16)2/h3,5,7,9,13H,4,6,8,10-12H2,1-2H3,(H,23,28)(H,24,25)(H,26,27)/t13-/m0/s1. The number of hydrogen-bond acceptors (Lipinski definition) is 4. The van der Waals surface area contributed by atoms with Gasteiger partial charge in [0.25, 0.3) is 5.91 Å². The van der Waals surface area contributed by atoms with Crippen molar-refractivity contribution < 1.29 is 19.5 Å². The Balaban J connectivity index is 1.83. The number of anilines is 2. The molecule has 0 unspecified atom stereocenters. The maximum atomic E-state index is 13.1. The maximum absolute atomic E-state index is 13.1. The minimum absolute atomic E-state index is 0.0605. The lowest BCUT2D eigenvalue weighted by atomic mass is 9.95. The van der Waals surface area contributed by atoms with E-state index in [1.807, 2.05) is 31.2 Å². The van der Waals surface area contributed by atoms with Crippen molar-refractivity contribution in [2.45, 2.75) is 52.4 Å². The van der Waals surface area contributed by atoms with E-state index in [2.05, 4.69) is 10.6 Å². The van der Waals surface area contributed by atoms with Crippen LogP contribution in [0.25, 0.3) is 0 Å². The highest BCUT2D eigenvalue weighted by Crippen LogP contribution is 2.39. The predicted molar refractivity (Wildman–Crippen MR) is 115 cm³/mol. The van der Waals surface area contributed by atoms with Crippen LogP contribution in [0.4, 0.5) is 10.7 Å². The van der Waals surface area contributed by atoms with Gasteiger partial charge in [0.1, 0.15) is 5.00 Å². The second kappa shape index (κ2) is 9.22. The van der Waals surface area contributed by atoms with Crippen molar-refractivity contribution in [3.63, 3.8) is 0 Å². The van der Waals surface area contributed by atoms with Crippen LogP contribution in [-0.2, 0) is 22.4 Å². The molecule has 0 saturated heterocycles. The molecule has 2 amide bonds.